The number of benzene rings is 1. The lowest BCUT2D eigenvalue weighted by Gasteiger charge is -2.15. The summed E-state index contributed by atoms with van der Waals surface area (Å²) in [4.78, 5) is 5.34. The first-order valence-electron chi connectivity index (χ1n) is 6.10. The summed E-state index contributed by atoms with van der Waals surface area (Å²) in [7, 11) is 0. The van der Waals surface area contributed by atoms with E-state index in [0.29, 0.717) is 0 Å². The molecule has 0 saturated carbocycles. The van der Waals surface area contributed by atoms with Gasteiger partial charge in [0, 0.05) is 0 Å². The summed E-state index contributed by atoms with van der Waals surface area (Å²) < 4.78 is 0. The van der Waals surface area contributed by atoms with Gasteiger partial charge in [0.25, 0.3) is 0 Å². The number of aryl methyl sites for hydroxylation is 5. The summed E-state index contributed by atoms with van der Waals surface area (Å²) in [6.07, 6.45) is -0.560. The molecule has 0 aliphatic heterocycles. The Hall–Kier alpha value is -1.19. The first kappa shape index (κ1) is 13.2. The van der Waals surface area contributed by atoms with Crippen LogP contribution < -0.4 is 0 Å². The first-order valence-corrected chi connectivity index (χ1v) is 6.91. The highest BCUT2D eigenvalue weighted by Crippen LogP contribution is 2.32. The van der Waals surface area contributed by atoms with Crippen molar-refractivity contribution < 1.29 is 5.11 Å². The maximum Gasteiger partial charge on any atom is 0.115 e. The molecular formula is C15H19NOS. The van der Waals surface area contributed by atoms with E-state index in [2.05, 4.69) is 31.0 Å². The van der Waals surface area contributed by atoms with E-state index in [0.717, 1.165) is 26.7 Å². The van der Waals surface area contributed by atoms with Crippen molar-refractivity contribution in [3.63, 3.8) is 0 Å². The van der Waals surface area contributed by atoms with Crippen molar-refractivity contribution in [2.75, 3.05) is 0 Å². The van der Waals surface area contributed by atoms with Crippen molar-refractivity contribution in [1.82, 2.24) is 4.98 Å². The summed E-state index contributed by atoms with van der Waals surface area (Å²) >= 11 is 1.57. The molecule has 0 aliphatic carbocycles. The van der Waals surface area contributed by atoms with Crippen LogP contribution in [0.5, 0.6) is 0 Å². The molecule has 96 valence electrons. The molecule has 0 bridgehead atoms. The molecule has 1 heterocycles. The number of hydrogen-bond donors (Lipinski definition) is 1. The van der Waals surface area contributed by atoms with Gasteiger partial charge in [0.05, 0.1) is 15.6 Å². The molecule has 0 amide bonds. The lowest BCUT2D eigenvalue weighted by atomic mass is 9.96. The third kappa shape index (κ3) is 2.33. The van der Waals surface area contributed by atoms with Crippen LogP contribution in [-0.4, -0.2) is 10.1 Å². The second kappa shape index (κ2) is 4.82. The lowest BCUT2D eigenvalue weighted by Crippen LogP contribution is -2.03. The van der Waals surface area contributed by atoms with E-state index in [4.69, 9.17) is 0 Å². The normalized spacial score (nSPS) is 12.8. The highest BCUT2D eigenvalue weighted by atomic mass is 32.1. The number of aliphatic hydroxyl groups excluding tert-OH is 1. The summed E-state index contributed by atoms with van der Waals surface area (Å²) in [5.74, 6) is 0. The van der Waals surface area contributed by atoms with Gasteiger partial charge >= 0.3 is 0 Å². The van der Waals surface area contributed by atoms with E-state index < -0.39 is 6.10 Å². The maximum absolute atomic E-state index is 10.6. The minimum absolute atomic E-state index is 0.560. The topological polar surface area (TPSA) is 33.1 Å². The van der Waals surface area contributed by atoms with Crippen LogP contribution >= 0.6 is 11.3 Å². The SMILES string of the molecule is Cc1nc(C)c(C(O)c2cc(C)c(C)cc2C)s1. The molecule has 1 unspecified atom stereocenters. The van der Waals surface area contributed by atoms with Gasteiger partial charge in [-0.25, -0.2) is 4.98 Å². The zero-order valence-corrected chi connectivity index (χ0v) is 12.4. The first-order chi connectivity index (χ1) is 8.40. The van der Waals surface area contributed by atoms with E-state index in [1.165, 1.54) is 11.1 Å². The molecule has 0 radical (unpaired) electrons. The smallest absolute Gasteiger partial charge is 0.115 e. The van der Waals surface area contributed by atoms with Gasteiger partial charge in [-0.05, 0) is 56.9 Å². The van der Waals surface area contributed by atoms with Crippen LogP contribution in [0, 0.1) is 34.6 Å². The monoisotopic (exact) mass is 261 g/mol. The molecule has 0 aliphatic rings. The van der Waals surface area contributed by atoms with Gasteiger partial charge in [-0.15, -0.1) is 11.3 Å². The second-order valence-electron chi connectivity index (χ2n) is 4.88. The predicted octanol–water partition coefficient (Wildman–Crippen LogP) is 3.77. The average Bonchev–Trinajstić information content (AvgIpc) is 2.62. The Kier molecular flexibility index (Phi) is 3.55. The number of aliphatic hydroxyl groups is 1. The molecule has 1 aromatic heterocycles. The summed E-state index contributed by atoms with van der Waals surface area (Å²) in [5.41, 5.74) is 5.54. The Morgan fingerprint density at radius 2 is 1.61 bits per heavy atom. The molecule has 2 aromatic rings. The van der Waals surface area contributed by atoms with Crippen LogP contribution in [0.15, 0.2) is 12.1 Å². The van der Waals surface area contributed by atoms with Gasteiger partial charge in [-0.1, -0.05) is 12.1 Å². The van der Waals surface area contributed by atoms with Crippen molar-refractivity contribution in [2.45, 2.75) is 40.7 Å². The lowest BCUT2D eigenvalue weighted by molar-refractivity contribution is 0.222. The van der Waals surface area contributed by atoms with Crippen molar-refractivity contribution in [3.8, 4) is 0 Å². The number of rotatable bonds is 2. The van der Waals surface area contributed by atoms with Crippen LogP contribution in [0.4, 0.5) is 0 Å². The van der Waals surface area contributed by atoms with Crippen molar-refractivity contribution in [1.29, 1.82) is 0 Å². The van der Waals surface area contributed by atoms with Gasteiger partial charge < -0.3 is 5.11 Å². The van der Waals surface area contributed by atoms with E-state index in [1.54, 1.807) is 11.3 Å². The fourth-order valence-electron chi connectivity index (χ4n) is 2.22. The quantitative estimate of drug-likeness (QED) is 0.892. The molecule has 3 heteroatoms. The zero-order chi connectivity index (χ0) is 13.4. The van der Waals surface area contributed by atoms with E-state index in [-0.39, 0.29) is 0 Å². The average molecular weight is 261 g/mol. The Labute approximate surface area is 112 Å². The van der Waals surface area contributed by atoms with Crippen LogP contribution in [0.2, 0.25) is 0 Å². The third-order valence-electron chi connectivity index (χ3n) is 3.36. The van der Waals surface area contributed by atoms with Crippen LogP contribution in [-0.2, 0) is 0 Å². The predicted molar refractivity (Wildman–Crippen MR) is 76.3 cm³/mol. The Bertz CT molecular complexity index is 586. The van der Waals surface area contributed by atoms with Gasteiger partial charge in [0.1, 0.15) is 6.10 Å². The van der Waals surface area contributed by atoms with Crippen molar-refractivity contribution in [3.05, 3.63) is 50.0 Å². The molecule has 1 N–H and O–H groups in total. The maximum atomic E-state index is 10.6. The number of aromatic nitrogens is 1. The molecule has 1 atom stereocenters. The fourth-order valence-corrected chi connectivity index (χ4v) is 3.15. The Morgan fingerprint density at radius 3 is 2.17 bits per heavy atom. The highest BCUT2D eigenvalue weighted by molar-refractivity contribution is 7.11. The molecule has 1 aromatic carbocycles. The summed E-state index contributed by atoms with van der Waals surface area (Å²) in [6.45, 7) is 10.2. The fraction of sp³-hybridized carbons (Fsp3) is 0.400. The summed E-state index contributed by atoms with van der Waals surface area (Å²) in [5, 5.41) is 11.6. The molecule has 0 fully saturated rings. The van der Waals surface area contributed by atoms with Gasteiger partial charge in [-0.3, -0.25) is 0 Å². The highest BCUT2D eigenvalue weighted by Gasteiger charge is 2.19. The molecule has 18 heavy (non-hydrogen) atoms. The van der Waals surface area contributed by atoms with E-state index >= 15 is 0 Å². The Morgan fingerprint density at radius 1 is 1.00 bits per heavy atom. The number of thiazole rings is 1. The zero-order valence-electron chi connectivity index (χ0n) is 11.5. The van der Waals surface area contributed by atoms with Crippen LogP contribution in [0.25, 0.3) is 0 Å². The molecular weight excluding hydrogens is 242 g/mol. The largest absolute Gasteiger partial charge is 0.383 e. The molecule has 0 saturated heterocycles. The van der Waals surface area contributed by atoms with Gasteiger partial charge in [0.15, 0.2) is 0 Å². The molecule has 0 spiro atoms. The summed E-state index contributed by atoms with van der Waals surface area (Å²) in [6, 6.07) is 4.22. The van der Waals surface area contributed by atoms with E-state index in [9.17, 15) is 5.11 Å². The molecule has 2 rings (SSSR count). The third-order valence-corrected chi connectivity index (χ3v) is 4.49. The van der Waals surface area contributed by atoms with Gasteiger partial charge in [0.2, 0.25) is 0 Å². The number of hydrogen-bond acceptors (Lipinski definition) is 3. The van der Waals surface area contributed by atoms with Crippen LogP contribution in [0.1, 0.15) is 43.9 Å². The Balaban J connectivity index is 2.49. The standard InChI is InChI=1S/C15H19NOS/c1-8-6-10(3)13(7-9(8)2)14(17)15-11(4)16-12(5)18-15/h6-7,14,17H,1-5H3. The minimum atomic E-state index is -0.560. The van der Waals surface area contributed by atoms with Gasteiger partial charge in [-0.2, -0.15) is 0 Å². The molecule has 2 nitrogen and oxygen atoms in total. The minimum Gasteiger partial charge on any atom is -0.383 e. The second-order valence-corrected chi connectivity index (χ2v) is 6.11. The number of nitrogens with zero attached hydrogens (tertiary/aromatic N) is 1. The van der Waals surface area contributed by atoms with Crippen molar-refractivity contribution >= 4 is 11.3 Å². The van der Waals surface area contributed by atoms with Crippen LogP contribution in [0.3, 0.4) is 0 Å². The van der Waals surface area contributed by atoms with E-state index in [1.807, 2.05) is 20.8 Å². The van der Waals surface area contributed by atoms with Crippen molar-refractivity contribution in [2.24, 2.45) is 0 Å².